The van der Waals surface area contributed by atoms with E-state index in [1.165, 1.54) is 12.8 Å². The monoisotopic (exact) mass is 156 g/mol. The first-order valence-electron chi connectivity index (χ1n) is 4.75. The summed E-state index contributed by atoms with van der Waals surface area (Å²) in [5.74, 6) is 1.71. The van der Waals surface area contributed by atoms with Crippen LogP contribution in [0.2, 0.25) is 0 Å². The summed E-state index contributed by atoms with van der Waals surface area (Å²) in [6, 6.07) is 0. The lowest BCUT2D eigenvalue weighted by Gasteiger charge is -2.34. The molecule has 1 rings (SSSR count). The van der Waals surface area contributed by atoms with Crippen LogP contribution in [0.25, 0.3) is 0 Å². The van der Waals surface area contributed by atoms with Crippen LogP contribution in [0, 0.1) is 11.8 Å². The van der Waals surface area contributed by atoms with Crippen LogP contribution in [0.4, 0.5) is 0 Å². The predicted octanol–water partition coefficient (Wildman–Crippen LogP) is 2.85. The maximum atomic E-state index is 5.67. The highest BCUT2D eigenvalue weighted by molar-refractivity contribution is 4.75. The van der Waals surface area contributed by atoms with Gasteiger partial charge in [-0.1, -0.05) is 13.8 Å². The van der Waals surface area contributed by atoms with Gasteiger partial charge in [0, 0.05) is 0 Å². The van der Waals surface area contributed by atoms with Crippen LogP contribution in [0.5, 0.6) is 0 Å². The molecule has 0 bridgehead atoms. The SMILES string of the molecule is CC(C)[C@H]1C[C@@H](C)O[C@@H](C)C1. The van der Waals surface area contributed by atoms with E-state index in [-0.39, 0.29) is 0 Å². The molecular formula is C10H20O. The van der Waals surface area contributed by atoms with Gasteiger partial charge in [0.25, 0.3) is 0 Å². The number of ether oxygens (including phenoxy) is 1. The minimum absolute atomic E-state index is 0.478. The molecule has 1 fully saturated rings. The Morgan fingerprint density at radius 3 is 1.91 bits per heavy atom. The Bertz CT molecular complexity index is 110. The lowest BCUT2D eigenvalue weighted by atomic mass is 9.84. The fraction of sp³-hybridized carbons (Fsp3) is 1.00. The first-order chi connectivity index (χ1) is 5.09. The largest absolute Gasteiger partial charge is 0.376 e. The van der Waals surface area contributed by atoms with E-state index < -0.39 is 0 Å². The molecule has 1 heteroatoms. The standard InChI is InChI=1S/C10H20O/c1-7(2)10-5-8(3)11-9(4)6-10/h7-10H,5-6H2,1-4H3/t8-,9+,10+. The molecule has 1 nitrogen and oxygen atoms in total. The van der Waals surface area contributed by atoms with Crippen molar-refractivity contribution in [2.75, 3.05) is 0 Å². The second-order valence-electron chi connectivity index (χ2n) is 4.23. The van der Waals surface area contributed by atoms with Crippen molar-refractivity contribution in [3.05, 3.63) is 0 Å². The van der Waals surface area contributed by atoms with Crippen molar-refractivity contribution in [2.45, 2.75) is 52.7 Å². The summed E-state index contributed by atoms with van der Waals surface area (Å²) in [5, 5.41) is 0. The third kappa shape index (κ3) is 2.48. The summed E-state index contributed by atoms with van der Waals surface area (Å²) in [6.45, 7) is 9.00. The van der Waals surface area contributed by atoms with Crippen molar-refractivity contribution < 1.29 is 4.74 Å². The van der Waals surface area contributed by atoms with Gasteiger partial charge in [-0.25, -0.2) is 0 Å². The van der Waals surface area contributed by atoms with Gasteiger partial charge in [0.1, 0.15) is 0 Å². The molecule has 0 aromatic rings. The summed E-state index contributed by atoms with van der Waals surface area (Å²) in [6.07, 6.45) is 3.46. The molecule has 0 aromatic heterocycles. The van der Waals surface area contributed by atoms with Crippen LogP contribution < -0.4 is 0 Å². The molecule has 0 unspecified atom stereocenters. The van der Waals surface area contributed by atoms with E-state index in [4.69, 9.17) is 4.74 Å². The van der Waals surface area contributed by atoms with Gasteiger partial charge in [-0.15, -0.1) is 0 Å². The topological polar surface area (TPSA) is 9.23 Å². The van der Waals surface area contributed by atoms with Crippen molar-refractivity contribution in [3.8, 4) is 0 Å². The predicted molar refractivity (Wildman–Crippen MR) is 47.6 cm³/mol. The Kier molecular flexibility index (Phi) is 2.94. The number of rotatable bonds is 1. The van der Waals surface area contributed by atoms with E-state index in [0.29, 0.717) is 12.2 Å². The molecule has 0 amide bonds. The van der Waals surface area contributed by atoms with Crippen LogP contribution in [-0.4, -0.2) is 12.2 Å². The average Bonchev–Trinajstić information content (AvgIpc) is 1.85. The van der Waals surface area contributed by atoms with Crippen LogP contribution in [0.3, 0.4) is 0 Å². The summed E-state index contributed by atoms with van der Waals surface area (Å²) in [7, 11) is 0. The fourth-order valence-electron chi connectivity index (χ4n) is 2.00. The molecule has 0 aromatic carbocycles. The van der Waals surface area contributed by atoms with Gasteiger partial charge >= 0.3 is 0 Å². The van der Waals surface area contributed by atoms with Crippen molar-refractivity contribution >= 4 is 0 Å². The van der Waals surface area contributed by atoms with Crippen molar-refractivity contribution in [1.82, 2.24) is 0 Å². The minimum Gasteiger partial charge on any atom is -0.376 e. The Balaban J connectivity index is 2.43. The van der Waals surface area contributed by atoms with Crippen molar-refractivity contribution in [3.63, 3.8) is 0 Å². The zero-order valence-corrected chi connectivity index (χ0v) is 8.13. The zero-order valence-electron chi connectivity index (χ0n) is 8.13. The normalized spacial score (nSPS) is 39.5. The Labute approximate surface area is 70.1 Å². The Hall–Kier alpha value is -0.0400. The van der Waals surface area contributed by atoms with Crippen molar-refractivity contribution in [2.24, 2.45) is 11.8 Å². The molecule has 0 spiro atoms. The van der Waals surface area contributed by atoms with Gasteiger partial charge in [0.15, 0.2) is 0 Å². The first-order valence-corrected chi connectivity index (χ1v) is 4.75. The van der Waals surface area contributed by atoms with Crippen LogP contribution >= 0.6 is 0 Å². The molecule has 0 saturated carbocycles. The van der Waals surface area contributed by atoms with Gasteiger partial charge in [0.05, 0.1) is 12.2 Å². The van der Waals surface area contributed by atoms with Gasteiger partial charge < -0.3 is 4.74 Å². The van der Waals surface area contributed by atoms with Gasteiger partial charge in [-0.05, 0) is 38.5 Å². The zero-order chi connectivity index (χ0) is 8.43. The molecule has 1 saturated heterocycles. The van der Waals surface area contributed by atoms with E-state index >= 15 is 0 Å². The number of hydrogen-bond donors (Lipinski definition) is 0. The van der Waals surface area contributed by atoms with Gasteiger partial charge in [-0.3, -0.25) is 0 Å². The average molecular weight is 156 g/mol. The first kappa shape index (κ1) is 9.05. The van der Waals surface area contributed by atoms with Gasteiger partial charge in [-0.2, -0.15) is 0 Å². The molecule has 0 N–H and O–H groups in total. The fourth-order valence-corrected chi connectivity index (χ4v) is 2.00. The van der Waals surface area contributed by atoms with Crippen molar-refractivity contribution in [1.29, 1.82) is 0 Å². The van der Waals surface area contributed by atoms with Crippen LogP contribution in [0.15, 0.2) is 0 Å². The molecule has 11 heavy (non-hydrogen) atoms. The van der Waals surface area contributed by atoms with Gasteiger partial charge in [0.2, 0.25) is 0 Å². The van der Waals surface area contributed by atoms with E-state index in [1.54, 1.807) is 0 Å². The molecule has 0 radical (unpaired) electrons. The lowest BCUT2D eigenvalue weighted by Crippen LogP contribution is -2.31. The Morgan fingerprint density at radius 2 is 1.55 bits per heavy atom. The van der Waals surface area contributed by atoms with E-state index in [2.05, 4.69) is 27.7 Å². The summed E-state index contributed by atoms with van der Waals surface area (Å²) >= 11 is 0. The van der Waals surface area contributed by atoms with E-state index in [1.807, 2.05) is 0 Å². The molecule has 1 aliphatic heterocycles. The van der Waals surface area contributed by atoms with E-state index in [0.717, 1.165) is 11.8 Å². The minimum atomic E-state index is 0.478. The summed E-state index contributed by atoms with van der Waals surface area (Å²) in [4.78, 5) is 0. The molecule has 3 atom stereocenters. The molecule has 0 aliphatic carbocycles. The second kappa shape index (κ2) is 3.57. The van der Waals surface area contributed by atoms with E-state index in [9.17, 15) is 0 Å². The maximum Gasteiger partial charge on any atom is 0.0553 e. The maximum absolute atomic E-state index is 5.67. The van der Waals surface area contributed by atoms with Crippen LogP contribution in [0.1, 0.15) is 40.5 Å². The molecular weight excluding hydrogens is 136 g/mol. The third-order valence-corrected chi connectivity index (χ3v) is 2.68. The molecule has 1 aliphatic rings. The highest BCUT2D eigenvalue weighted by atomic mass is 16.5. The van der Waals surface area contributed by atoms with Crippen LogP contribution in [-0.2, 0) is 4.74 Å². The smallest absolute Gasteiger partial charge is 0.0553 e. The summed E-state index contributed by atoms with van der Waals surface area (Å²) in [5.41, 5.74) is 0. The summed E-state index contributed by atoms with van der Waals surface area (Å²) < 4.78 is 5.67. The third-order valence-electron chi connectivity index (χ3n) is 2.68. The number of hydrogen-bond acceptors (Lipinski definition) is 1. The molecule has 66 valence electrons. The second-order valence-corrected chi connectivity index (χ2v) is 4.23. The molecule has 1 heterocycles. The Morgan fingerprint density at radius 1 is 1.09 bits per heavy atom. The lowest BCUT2D eigenvalue weighted by molar-refractivity contribution is -0.0605. The highest BCUT2D eigenvalue weighted by Crippen LogP contribution is 2.29. The quantitative estimate of drug-likeness (QED) is 0.567. The highest BCUT2D eigenvalue weighted by Gasteiger charge is 2.25.